The van der Waals surface area contributed by atoms with Crippen LogP contribution in [0.1, 0.15) is 36.0 Å². The number of hydrogen-bond donors (Lipinski definition) is 0. The second kappa shape index (κ2) is 10.1. The maximum atomic E-state index is 13.7. The van der Waals surface area contributed by atoms with Crippen LogP contribution in [0.25, 0.3) is 10.8 Å². The van der Waals surface area contributed by atoms with Crippen LogP contribution in [0.2, 0.25) is 0 Å². The first-order chi connectivity index (χ1) is 18.1. The summed E-state index contributed by atoms with van der Waals surface area (Å²) in [6, 6.07) is 14.6. The highest BCUT2D eigenvalue weighted by Crippen LogP contribution is 2.30. The van der Waals surface area contributed by atoms with Crippen LogP contribution in [-0.4, -0.2) is 87.2 Å². The van der Waals surface area contributed by atoms with Gasteiger partial charge in [-0.15, -0.1) is 0 Å². The molecule has 8 nitrogen and oxygen atoms in total. The number of aromatic nitrogens is 2. The molecule has 8 heteroatoms. The van der Waals surface area contributed by atoms with E-state index in [1.807, 2.05) is 36.0 Å². The van der Waals surface area contributed by atoms with Crippen LogP contribution in [0.5, 0.6) is 0 Å². The molecule has 4 heterocycles. The second-order valence-electron chi connectivity index (χ2n) is 10.7. The van der Waals surface area contributed by atoms with Crippen LogP contribution >= 0.6 is 0 Å². The smallest absolute Gasteiger partial charge is 0.256 e. The average molecular weight is 500 g/mol. The summed E-state index contributed by atoms with van der Waals surface area (Å²) in [7, 11) is 4.01. The fourth-order valence-electron chi connectivity index (χ4n) is 5.82. The lowest BCUT2D eigenvalue weighted by Gasteiger charge is -2.36. The summed E-state index contributed by atoms with van der Waals surface area (Å²) >= 11 is 0. The zero-order valence-electron chi connectivity index (χ0n) is 22.1. The van der Waals surface area contributed by atoms with E-state index in [0.29, 0.717) is 13.1 Å². The van der Waals surface area contributed by atoms with Gasteiger partial charge in [0.2, 0.25) is 5.95 Å². The molecule has 1 amide bonds. The van der Waals surface area contributed by atoms with Crippen molar-refractivity contribution >= 4 is 40.0 Å². The first kappa shape index (κ1) is 23.8. The number of fused-ring (bicyclic) bond motifs is 1. The molecule has 6 rings (SSSR count). The fraction of sp³-hybridized carbons (Fsp3) is 0.483. The number of hydrogen-bond acceptors (Lipinski definition) is 7. The third kappa shape index (κ3) is 4.77. The van der Waals surface area contributed by atoms with E-state index in [4.69, 9.17) is 9.97 Å². The van der Waals surface area contributed by atoms with E-state index in [1.54, 1.807) is 0 Å². The summed E-state index contributed by atoms with van der Waals surface area (Å²) in [6.45, 7) is 7.10. The molecule has 0 atom stereocenters. The number of rotatable bonds is 5. The van der Waals surface area contributed by atoms with Crippen LogP contribution in [0.15, 0.2) is 42.5 Å². The minimum absolute atomic E-state index is 0.104. The van der Waals surface area contributed by atoms with E-state index in [0.717, 1.165) is 78.9 Å². The molecule has 37 heavy (non-hydrogen) atoms. The van der Waals surface area contributed by atoms with Gasteiger partial charge in [-0.2, -0.15) is 9.97 Å². The number of benzene rings is 2. The maximum absolute atomic E-state index is 13.7. The van der Waals surface area contributed by atoms with Crippen molar-refractivity contribution in [1.29, 1.82) is 0 Å². The molecule has 194 valence electrons. The van der Waals surface area contributed by atoms with Gasteiger partial charge >= 0.3 is 0 Å². The third-order valence-corrected chi connectivity index (χ3v) is 7.97. The highest BCUT2D eigenvalue weighted by Gasteiger charge is 2.27. The highest BCUT2D eigenvalue weighted by molar-refractivity contribution is 6.04. The molecular formula is C29H37N7O. The van der Waals surface area contributed by atoms with Gasteiger partial charge in [-0.05, 0) is 48.6 Å². The van der Waals surface area contributed by atoms with Crippen molar-refractivity contribution < 1.29 is 4.79 Å². The van der Waals surface area contributed by atoms with Gasteiger partial charge in [0, 0.05) is 78.2 Å². The molecule has 0 saturated carbocycles. The van der Waals surface area contributed by atoms with Gasteiger partial charge in [0.05, 0.1) is 5.56 Å². The zero-order valence-corrected chi connectivity index (χ0v) is 22.1. The largest absolute Gasteiger partial charge is 0.377 e. The summed E-state index contributed by atoms with van der Waals surface area (Å²) in [5.41, 5.74) is 1.74. The average Bonchev–Trinajstić information content (AvgIpc) is 3.67. The van der Waals surface area contributed by atoms with Crippen molar-refractivity contribution in [2.45, 2.75) is 25.7 Å². The number of carbonyl (C=O) groups excluding carboxylic acids is 1. The Morgan fingerprint density at radius 3 is 1.84 bits per heavy atom. The van der Waals surface area contributed by atoms with Crippen LogP contribution in [0, 0.1) is 0 Å². The number of carbonyl (C=O) groups is 1. The minimum Gasteiger partial charge on any atom is -0.377 e. The van der Waals surface area contributed by atoms with E-state index in [1.165, 1.54) is 25.7 Å². The Balaban J connectivity index is 1.22. The SMILES string of the molecule is CN(C)c1cc2ccccc2cc1C(=O)N1CCN(c2cc(N3CCCC3)nc(N3CCCC3)n2)CC1. The number of amides is 1. The van der Waals surface area contributed by atoms with Gasteiger partial charge in [-0.25, -0.2) is 0 Å². The monoisotopic (exact) mass is 499 g/mol. The van der Waals surface area contributed by atoms with Crippen molar-refractivity contribution in [1.82, 2.24) is 14.9 Å². The molecular weight excluding hydrogens is 462 g/mol. The van der Waals surface area contributed by atoms with E-state index < -0.39 is 0 Å². The first-order valence-corrected chi connectivity index (χ1v) is 13.7. The van der Waals surface area contributed by atoms with Crippen molar-refractivity contribution in [3.63, 3.8) is 0 Å². The number of piperazine rings is 1. The predicted octanol–water partition coefficient (Wildman–Crippen LogP) is 3.86. The molecule has 3 saturated heterocycles. The van der Waals surface area contributed by atoms with Gasteiger partial charge in [-0.3, -0.25) is 4.79 Å². The van der Waals surface area contributed by atoms with Gasteiger partial charge in [-0.1, -0.05) is 24.3 Å². The lowest BCUT2D eigenvalue weighted by molar-refractivity contribution is 0.0747. The summed E-state index contributed by atoms with van der Waals surface area (Å²) in [4.78, 5) is 34.8. The fourth-order valence-corrected chi connectivity index (χ4v) is 5.82. The molecule has 0 bridgehead atoms. The Bertz CT molecular complexity index is 1240. The standard InChI is InChI=1S/C29H37N7O/c1-32(2)25-20-23-10-4-3-9-22(23)19-24(25)28(37)35-17-15-34(16-18-35)27-21-26(33-11-5-6-12-33)30-29(31-27)36-13-7-8-14-36/h3-4,9-10,19-21H,5-8,11-18H2,1-2H3. The van der Waals surface area contributed by atoms with Crippen molar-refractivity contribution in [3.8, 4) is 0 Å². The van der Waals surface area contributed by atoms with E-state index in [9.17, 15) is 4.79 Å². The normalized spacial score (nSPS) is 18.2. The predicted molar refractivity (Wildman–Crippen MR) is 151 cm³/mol. The summed E-state index contributed by atoms with van der Waals surface area (Å²) in [5, 5.41) is 2.25. The second-order valence-corrected chi connectivity index (χ2v) is 10.7. The molecule has 0 radical (unpaired) electrons. The lowest BCUT2D eigenvalue weighted by Crippen LogP contribution is -2.49. The zero-order chi connectivity index (χ0) is 25.4. The topological polar surface area (TPSA) is 59.1 Å². The minimum atomic E-state index is 0.104. The Kier molecular flexibility index (Phi) is 6.49. The lowest BCUT2D eigenvalue weighted by atomic mass is 10.0. The Hall–Kier alpha value is -3.55. The van der Waals surface area contributed by atoms with Crippen molar-refractivity contribution in [2.75, 3.05) is 86.1 Å². The van der Waals surface area contributed by atoms with Crippen molar-refractivity contribution in [2.24, 2.45) is 0 Å². The van der Waals surface area contributed by atoms with Gasteiger partial charge in [0.1, 0.15) is 11.6 Å². The molecule has 3 fully saturated rings. The molecule has 0 aliphatic carbocycles. The number of anilines is 4. The van der Waals surface area contributed by atoms with Crippen LogP contribution in [-0.2, 0) is 0 Å². The van der Waals surface area contributed by atoms with Crippen LogP contribution in [0.3, 0.4) is 0 Å². The van der Waals surface area contributed by atoms with E-state index in [2.05, 4.69) is 45.0 Å². The summed E-state index contributed by atoms with van der Waals surface area (Å²) < 4.78 is 0. The summed E-state index contributed by atoms with van der Waals surface area (Å²) in [5.74, 6) is 3.01. The van der Waals surface area contributed by atoms with E-state index in [-0.39, 0.29) is 5.91 Å². The van der Waals surface area contributed by atoms with Gasteiger partial charge in [0.15, 0.2) is 0 Å². The third-order valence-electron chi connectivity index (χ3n) is 7.97. The molecule has 3 aromatic rings. The molecule has 0 N–H and O–H groups in total. The quantitative estimate of drug-likeness (QED) is 0.528. The van der Waals surface area contributed by atoms with Crippen LogP contribution < -0.4 is 19.6 Å². The Morgan fingerprint density at radius 1 is 0.703 bits per heavy atom. The van der Waals surface area contributed by atoms with E-state index >= 15 is 0 Å². The van der Waals surface area contributed by atoms with Gasteiger partial charge < -0.3 is 24.5 Å². The van der Waals surface area contributed by atoms with Crippen molar-refractivity contribution in [3.05, 3.63) is 48.0 Å². The molecule has 1 aromatic heterocycles. The first-order valence-electron chi connectivity index (χ1n) is 13.7. The molecule has 0 unspecified atom stereocenters. The number of nitrogens with zero attached hydrogens (tertiary/aromatic N) is 7. The Morgan fingerprint density at radius 2 is 1.24 bits per heavy atom. The molecule has 3 aliphatic heterocycles. The van der Waals surface area contributed by atoms with Gasteiger partial charge in [0.25, 0.3) is 5.91 Å². The molecule has 3 aliphatic rings. The maximum Gasteiger partial charge on any atom is 0.256 e. The summed E-state index contributed by atoms with van der Waals surface area (Å²) in [6.07, 6.45) is 4.86. The highest BCUT2D eigenvalue weighted by atomic mass is 16.2. The van der Waals surface area contributed by atoms with Crippen LogP contribution in [0.4, 0.5) is 23.3 Å². The Labute approximate surface area is 219 Å². The molecule has 2 aromatic carbocycles. The molecule has 0 spiro atoms.